The van der Waals surface area contributed by atoms with Gasteiger partial charge in [-0.15, -0.1) is 0 Å². The highest BCUT2D eigenvalue weighted by Gasteiger charge is 2.26. The maximum atomic E-state index is 12.8. The van der Waals surface area contributed by atoms with Gasteiger partial charge in [0, 0.05) is 35.5 Å². The number of phenols is 1. The Morgan fingerprint density at radius 1 is 1.18 bits per heavy atom. The summed E-state index contributed by atoms with van der Waals surface area (Å²) in [5, 5.41) is 20.9. The molecule has 0 aliphatic heterocycles. The molecule has 1 fully saturated rings. The normalized spacial score (nSPS) is 13.9. The van der Waals surface area contributed by atoms with Crippen LogP contribution in [0.2, 0.25) is 5.15 Å². The van der Waals surface area contributed by atoms with E-state index in [0.29, 0.717) is 16.9 Å². The van der Waals surface area contributed by atoms with Crippen molar-refractivity contribution < 1.29 is 14.7 Å². The van der Waals surface area contributed by atoms with E-state index in [1.54, 1.807) is 24.3 Å². The van der Waals surface area contributed by atoms with Gasteiger partial charge < -0.3 is 15.7 Å². The summed E-state index contributed by atoms with van der Waals surface area (Å²) in [5.41, 5.74) is 2.46. The van der Waals surface area contributed by atoms with Gasteiger partial charge in [0.25, 0.3) is 5.91 Å². The molecule has 9 heteroatoms. The topological polar surface area (TPSA) is 109 Å². The highest BCUT2D eigenvalue weighted by molar-refractivity contribution is 6.33. The Balaban J connectivity index is 1.61. The van der Waals surface area contributed by atoms with Crippen LogP contribution < -0.4 is 10.6 Å². The quantitative estimate of drug-likeness (QED) is 0.448. The predicted molar refractivity (Wildman–Crippen MR) is 127 cm³/mol. The molecule has 2 heterocycles. The summed E-state index contributed by atoms with van der Waals surface area (Å²) in [4.78, 5) is 29.1. The number of phenolic OH excluding ortho intramolecular Hbond substituents is 1. The molecule has 0 spiro atoms. The number of anilines is 1. The molecule has 3 aromatic rings. The van der Waals surface area contributed by atoms with Crippen molar-refractivity contribution >= 4 is 29.2 Å². The van der Waals surface area contributed by atoms with Gasteiger partial charge in [-0.2, -0.15) is 9.78 Å². The number of aromatic hydroxyl groups is 1. The van der Waals surface area contributed by atoms with Crippen LogP contribution in [0.15, 0.2) is 42.6 Å². The van der Waals surface area contributed by atoms with Crippen molar-refractivity contribution in [1.29, 1.82) is 0 Å². The van der Waals surface area contributed by atoms with Crippen LogP contribution in [0.25, 0.3) is 11.3 Å². The summed E-state index contributed by atoms with van der Waals surface area (Å²) in [5.74, 6) is -0.232. The average molecular weight is 468 g/mol. The second-order valence-corrected chi connectivity index (χ2v) is 8.84. The van der Waals surface area contributed by atoms with Crippen LogP contribution in [0, 0.1) is 0 Å². The zero-order chi connectivity index (χ0) is 23.5. The molecule has 0 radical (unpaired) electrons. The van der Waals surface area contributed by atoms with E-state index in [0.717, 1.165) is 31.4 Å². The minimum atomic E-state index is -0.432. The van der Waals surface area contributed by atoms with Gasteiger partial charge in [0.05, 0.1) is 17.0 Å². The van der Waals surface area contributed by atoms with E-state index in [4.69, 9.17) is 11.6 Å². The van der Waals surface area contributed by atoms with E-state index >= 15 is 0 Å². The molecule has 3 N–H and O–H groups in total. The maximum absolute atomic E-state index is 12.8. The van der Waals surface area contributed by atoms with Crippen LogP contribution in [-0.4, -0.2) is 37.9 Å². The molecular weight excluding hydrogens is 442 g/mol. The second-order valence-electron chi connectivity index (χ2n) is 8.48. The fourth-order valence-electron chi connectivity index (χ4n) is 4.09. The summed E-state index contributed by atoms with van der Waals surface area (Å²) < 4.78 is 1.42. The van der Waals surface area contributed by atoms with Gasteiger partial charge in [-0.05, 0) is 57.0 Å². The number of nitrogens with one attached hydrogen (secondary N) is 2. The summed E-state index contributed by atoms with van der Waals surface area (Å²) in [6.45, 7) is 3.80. The Bertz CT molecular complexity index is 1180. The smallest absolute Gasteiger partial charge is 0.342 e. The molecular formula is C24H26ClN5O3. The fraction of sp³-hybridized carbons (Fsp3) is 0.333. The fourth-order valence-corrected chi connectivity index (χ4v) is 4.30. The van der Waals surface area contributed by atoms with Crippen LogP contribution in [0.5, 0.6) is 5.75 Å². The van der Waals surface area contributed by atoms with Gasteiger partial charge in [-0.3, -0.25) is 4.79 Å². The number of nitrogens with zero attached hydrogens (tertiary/aromatic N) is 3. The average Bonchev–Trinajstić information content (AvgIpc) is 3.43. The Morgan fingerprint density at radius 2 is 1.94 bits per heavy atom. The number of halogens is 1. The molecule has 1 aromatic carbocycles. The number of pyridine rings is 1. The third kappa shape index (κ3) is 5.01. The van der Waals surface area contributed by atoms with E-state index in [1.807, 2.05) is 19.9 Å². The van der Waals surface area contributed by atoms with E-state index in [1.165, 1.54) is 16.9 Å². The Kier molecular flexibility index (Phi) is 6.65. The second kappa shape index (κ2) is 9.62. The first-order chi connectivity index (χ1) is 15.8. The largest absolute Gasteiger partial charge is 0.507 e. The highest BCUT2D eigenvalue weighted by Crippen LogP contribution is 2.38. The van der Waals surface area contributed by atoms with Crippen LogP contribution in [0.3, 0.4) is 0 Å². The number of hydrogen-bond acceptors (Lipinski definition) is 5. The summed E-state index contributed by atoms with van der Waals surface area (Å²) in [6, 6.07) is 9.54. The lowest BCUT2D eigenvalue weighted by molar-refractivity contribution is 0.102. The molecule has 0 saturated heterocycles. The zero-order valence-electron chi connectivity index (χ0n) is 18.5. The third-order valence-corrected chi connectivity index (χ3v) is 5.95. The third-order valence-electron chi connectivity index (χ3n) is 5.65. The molecule has 4 rings (SSSR count). The van der Waals surface area contributed by atoms with Gasteiger partial charge in [-0.25, -0.2) is 9.78 Å². The zero-order valence-corrected chi connectivity index (χ0v) is 19.3. The van der Waals surface area contributed by atoms with E-state index in [2.05, 4.69) is 20.7 Å². The number of carbonyl (C=O) groups excluding carboxylic acids is 2. The molecule has 0 unspecified atom stereocenters. The molecule has 0 atom stereocenters. The molecule has 33 heavy (non-hydrogen) atoms. The number of aromatic nitrogens is 3. The molecule has 0 bridgehead atoms. The SMILES string of the molecule is CC(C)NC(=O)n1nc(-c2ccc(NC(=O)c3cccnc3Cl)cc2O)cc1C1CCCC1. The highest BCUT2D eigenvalue weighted by atomic mass is 35.5. The summed E-state index contributed by atoms with van der Waals surface area (Å²) in [7, 11) is 0. The Labute approximate surface area is 197 Å². The predicted octanol–water partition coefficient (Wildman–Crippen LogP) is 5.18. The van der Waals surface area contributed by atoms with Crippen LogP contribution in [-0.2, 0) is 0 Å². The minimum Gasteiger partial charge on any atom is -0.507 e. The van der Waals surface area contributed by atoms with Crippen LogP contribution in [0.4, 0.5) is 10.5 Å². The summed E-state index contributed by atoms with van der Waals surface area (Å²) in [6.07, 6.45) is 5.76. The standard InChI is InChI=1S/C24H26ClN5O3/c1-14(2)27-24(33)30-20(15-6-3-4-7-15)13-19(29-30)17-10-9-16(12-21(17)31)28-23(32)18-8-5-11-26-22(18)25/h5,8-15,31H,3-4,6-7H2,1-2H3,(H,27,33)(H,28,32). The number of benzene rings is 1. The van der Waals surface area contributed by atoms with E-state index < -0.39 is 5.91 Å². The van der Waals surface area contributed by atoms with Gasteiger partial charge in [0.1, 0.15) is 10.9 Å². The van der Waals surface area contributed by atoms with Gasteiger partial charge >= 0.3 is 6.03 Å². The number of amides is 2. The minimum absolute atomic E-state index is 0.0220. The number of hydrogen-bond donors (Lipinski definition) is 3. The molecule has 2 aromatic heterocycles. The van der Waals surface area contributed by atoms with Crippen LogP contribution in [0.1, 0.15) is 61.5 Å². The number of carbonyl (C=O) groups is 2. The lowest BCUT2D eigenvalue weighted by atomic mass is 10.0. The van der Waals surface area contributed by atoms with Crippen molar-refractivity contribution in [1.82, 2.24) is 20.1 Å². The first-order valence-corrected chi connectivity index (χ1v) is 11.4. The van der Waals surface area contributed by atoms with Crippen molar-refractivity contribution in [2.24, 2.45) is 0 Å². The molecule has 1 aliphatic rings. The van der Waals surface area contributed by atoms with Crippen molar-refractivity contribution in [3.8, 4) is 17.0 Å². The van der Waals surface area contributed by atoms with Gasteiger partial charge in [-0.1, -0.05) is 24.4 Å². The van der Waals surface area contributed by atoms with Crippen LogP contribution >= 0.6 is 11.6 Å². The molecule has 2 amide bonds. The van der Waals surface area contributed by atoms with E-state index in [-0.39, 0.29) is 34.5 Å². The van der Waals surface area contributed by atoms with E-state index in [9.17, 15) is 14.7 Å². The first-order valence-electron chi connectivity index (χ1n) is 11.0. The lowest BCUT2D eigenvalue weighted by Crippen LogP contribution is -2.35. The molecule has 1 saturated carbocycles. The Hall–Kier alpha value is -3.39. The summed E-state index contributed by atoms with van der Waals surface area (Å²) >= 11 is 5.99. The van der Waals surface area contributed by atoms with Crippen molar-refractivity contribution in [3.63, 3.8) is 0 Å². The number of rotatable bonds is 5. The first kappa shape index (κ1) is 22.8. The monoisotopic (exact) mass is 467 g/mol. The Morgan fingerprint density at radius 3 is 2.61 bits per heavy atom. The van der Waals surface area contributed by atoms with Crippen molar-refractivity contribution in [2.75, 3.05) is 5.32 Å². The maximum Gasteiger partial charge on any atom is 0.342 e. The van der Waals surface area contributed by atoms with Crippen molar-refractivity contribution in [2.45, 2.75) is 51.5 Å². The van der Waals surface area contributed by atoms with Crippen molar-refractivity contribution in [3.05, 3.63) is 59.0 Å². The molecule has 1 aliphatic carbocycles. The van der Waals surface area contributed by atoms with Gasteiger partial charge in [0.15, 0.2) is 0 Å². The molecule has 8 nitrogen and oxygen atoms in total. The lowest BCUT2D eigenvalue weighted by Gasteiger charge is -2.13. The van der Waals surface area contributed by atoms with Gasteiger partial charge in [0.2, 0.25) is 0 Å². The molecule has 172 valence electrons.